The summed E-state index contributed by atoms with van der Waals surface area (Å²) in [6, 6.07) is 8.38. The van der Waals surface area contributed by atoms with Gasteiger partial charge in [-0.1, -0.05) is 11.6 Å². The van der Waals surface area contributed by atoms with Crippen molar-refractivity contribution >= 4 is 23.2 Å². The first-order chi connectivity index (χ1) is 10.1. The number of nitrogens with one attached hydrogen (secondary N) is 1. The molecule has 1 aromatic heterocycles. The molecule has 2 aromatic rings. The van der Waals surface area contributed by atoms with Crippen LogP contribution < -0.4 is 14.8 Å². The molecule has 0 aliphatic carbocycles. The van der Waals surface area contributed by atoms with E-state index in [9.17, 15) is 4.79 Å². The number of carbonyl (C=O) groups excluding carboxylic acids is 1. The van der Waals surface area contributed by atoms with Crippen molar-refractivity contribution in [2.75, 3.05) is 19.0 Å². The Hall–Kier alpha value is -2.27. The maximum Gasteiger partial charge on any atom is 0.257 e. The van der Waals surface area contributed by atoms with Crippen molar-refractivity contribution in [3.05, 3.63) is 47.2 Å². The fourth-order valence-electron chi connectivity index (χ4n) is 1.72. The smallest absolute Gasteiger partial charge is 0.257 e. The van der Waals surface area contributed by atoms with Gasteiger partial charge in [0.15, 0.2) is 0 Å². The van der Waals surface area contributed by atoms with Crippen LogP contribution in [-0.2, 0) is 0 Å². The summed E-state index contributed by atoms with van der Waals surface area (Å²) in [4.78, 5) is 16.1. The molecule has 6 heteroatoms. The van der Waals surface area contributed by atoms with Crippen LogP contribution in [0.4, 0.5) is 5.69 Å². The minimum Gasteiger partial charge on any atom is -0.497 e. The molecule has 0 saturated carbocycles. The number of hydrogen-bond donors (Lipinski definition) is 1. The van der Waals surface area contributed by atoms with Crippen molar-refractivity contribution in [3.63, 3.8) is 0 Å². The average molecular weight is 307 g/mol. The molecule has 0 fully saturated rings. The maximum absolute atomic E-state index is 12.2. The SMILES string of the molecule is CCOc1ccc(OC)cc1NC(=O)c1ccc(Cl)nc1. The van der Waals surface area contributed by atoms with E-state index in [0.29, 0.717) is 34.5 Å². The summed E-state index contributed by atoms with van der Waals surface area (Å²) in [5.74, 6) is 0.907. The Labute approximate surface area is 127 Å². The van der Waals surface area contributed by atoms with E-state index in [1.165, 1.54) is 6.20 Å². The van der Waals surface area contributed by atoms with Crippen LogP contribution in [0.1, 0.15) is 17.3 Å². The number of aromatic nitrogens is 1. The zero-order valence-electron chi connectivity index (χ0n) is 11.7. The molecule has 1 N–H and O–H groups in total. The van der Waals surface area contributed by atoms with Gasteiger partial charge in [-0.3, -0.25) is 4.79 Å². The third-order valence-corrected chi connectivity index (χ3v) is 2.95. The maximum atomic E-state index is 12.2. The summed E-state index contributed by atoms with van der Waals surface area (Å²) in [6.45, 7) is 2.37. The molecule has 1 amide bonds. The summed E-state index contributed by atoms with van der Waals surface area (Å²) >= 11 is 5.70. The first-order valence-electron chi connectivity index (χ1n) is 6.37. The van der Waals surface area contributed by atoms with Crippen LogP contribution in [0.3, 0.4) is 0 Å². The van der Waals surface area contributed by atoms with Crippen LogP contribution in [0.5, 0.6) is 11.5 Å². The summed E-state index contributed by atoms with van der Waals surface area (Å²) < 4.78 is 10.6. The average Bonchev–Trinajstić information content (AvgIpc) is 2.49. The second-order valence-corrected chi connectivity index (χ2v) is 4.51. The largest absolute Gasteiger partial charge is 0.497 e. The minimum atomic E-state index is -0.298. The number of ether oxygens (including phenoxy) is 2. The number of anilines is 1. The van der Waals surface area contributed by atoms with Crippen LogP contribution in [0.2, 0.25) is 5.15 Å². The molecule has 0 aliphatic rings. The lowest BCUT2D eigenvalue weighted by Gasteiger charge is -2.13. The van der Waals surface area contributed by atoms with Gasteiger partial charge < -0.3 is 14.8 Å². The molecule has 0 atom stereocenters. The summed E-state index contributed by atoms with van der Waals surface area (Å²) in [6.07, 6.45) is 1.41. The van der Waals surface area contributed by atoms with Gasteiger partial charge in [-0.2, -0.15) is 0 Å². The van der Waals surface area contributed by atoms with E-state index in [1.54, 1.807) is 37.4 Å². The molecular weight excluding hydrogens is 292 g/mol. The Bertz CT molecular complexity index is 629. The zero-order valence-corrected chi connectivity index (χ0v) is 12.5. The lowest BCUT2D eigenvalue weighted by Crippen LogP contribution is -2.13. The Morgan fingerprint density at radius 1 is 1.33 bits per heavy atom. The molecule has 5 nitrogen and oxygen atoms in total. The number of benzene rings is 1. The van der Waals surface area contributed by atoms with E-state index >= 15 is 0 Å². The van der Waals surface area contributed by atoms with E-state index in [-0.39, 0.29) is 5.91 Å². The van der Waals surface area contributed by atoms with Crippen LogP contribution in [0.25, 0.3) is 0 Å². The van der Waals surface area contributed by atoms with Gasteiger partial charge in [0.1, 0.15) is 16.7 Å². The molecule has 0 radical (unpaired) electrons. The number of amides is 1. The molecule has 2 rings (SSSR count). The summed E-state index contributed by atoms with van der Waals surface area (Å²) in [7, 11) is 1.56. The van der Waals surface area contributed by atoms with Crippen molar-refractivity contribution in [1.29, 1.82) is 0 Å². The molecule has 21 heavy (non-hydrogen) atoms. The molecule has 0 spiro atoms. The van der Waals surface area contributed by atoms with Crippen molar-refractivity contribution in [2.24, 2.45) is 0 Å². The monoisotopic (exact) mass is 306 g/mol. The quantitative estimate of drug-likeness (QED) is 0.860. The third kappa shape index (κ3) is 3.86. The lowest BCUT2D eigenvalue weighted by atomic mass is 10.2. The van der Waals surface area contributed by atoms with Gasteiger partial charge in [-0.25, -0.2) is 4.98 Å². The van der Waals surface area contributed by atoms with Gasteiger partial charge in [0.25, 0.3) is 5.91 Å². The zero-order chi connectivity index (χ0) is 15.2. The standard InChI is InChI=1S/C15H15ClN2O3/c1-3-21-13-6-5-11(20-2)8-12(13)18-15(19)10-4-7-14(16)17-9-10/h4-9H,3H2,1-2H3,(H,18,19). The number of hydrogen-bond acceptors (Lipinski definition) is 4. The summed E-state index contributed by atoms with van der Waals surface area (Å²) in [5.41, 5.74) is 0.945. The highest BCUT2D eigenvalue weighted by Crippen LogP contribution is 2.29. The number of methoxy groups -OCH3 is 1. The second kappa shape index (κ2) is 6.95. The van der Waals surface area contributed by atoms with Crippen LogP contribution in [0, 0.1) is 0 Å². The van der Waals surface area contributed by atoms with Gasteiger partial charge >= 0.3 is 0 Å². The first kappa shape index (κ1) is 15.1. The van der Waals surface area contributed by atoms with Crippen LogP contribution >= 0.6 is 11.6 Å². The van der Waals surface area contributed by atoms with Gasteiger partial charge in [0.05, 0.1) is 25.0 Å². The van der Waals surface area contributed by atoms with Crippen LogP contribution in [-0.4, -0.2) is 24.6 Å². The van der Waals surface area contributed by atoms with E-state index in [2.05, 4.69) is 10.3 Å². The van der Waals surface area contributed by atoms with E-state index in [1.807, 2.05) is 6.92 Å². The molecule has 1 aromatic carbocycles. The Balaban J connectivity index is 2.24. The fraction of sp³-hybridized carbons (Fsp3) is 0.200. The number of rotatable bonds is 5. The number of carbonyl (C=O) groups is 1. The van der Waals surface area contributed by atoms with E-state index in [4.69, 9.17) is 21.1 Å². The second-order valence-electron chi connectivity index (χ2n) is 4.12. The summed E-state index contributed by atoms with van der Waals surface area (Å²) in [5, 5.41) is 3.11. The van der Waals surface area contributed by atoms with Crippen molar-refractivity contribution < 1.29 is 14.3 Å². The molecule has 0 unspecified atom stereocenters. The molecule has 0 saturated heterocycles. The Morgan fingerprint density at radius 2 is 2.14 bits per heavy atom. The van der Waals surface area contributed by atoms with Gasteiger partial charge in [0.2, 0.25) is 0 Å². The normalized spacial score (nSPS) is 10.0. The number of nitrogens with zero attached hydrogens (tertiary/aromatic N) is 1. The predicted octanol–water partition coefficient (Wildman–Crippen LogP) is 3.39. The number of pyridine rings is 1. The van der Waals surface area contributed by atoms with Gasteiger partial charge in [-0.05, 0) is 31.2 Å². The highest BCUT2D eigenvalue weighted by atomic mass is 35.5. The number of halogens is 1. The minimum absolute atomic E-state index is 0.298. The van der Waals surface area contributed by atoms with Gasteiger partial charge in [-0.15, -0.1) is 0 Å². The van der Waals surface area contributed by atoms with Gasteiger partial charge in [0, 0.05) is 12.3 Å². The topological polar surface area (TPSA) is 60.5 Å². The van der Waals surface area contributed by atoms with E-state index < -0.39 is 0 Å². The molecule has 0 aliphatic heterocycles. The van der Waals surface area contributed by atoms with E-state index in [0.717, 1.165) is 0 Å². The molecule has 110 valence electrons. The predicted molar refractivity (Wildman–Crippen MR) is 81.4 cm³/mol. The van der Waals surface area contributed by atoms with Crippen molar-refractivity contribution in [1.82, 2.24) is 4.98 Å². The van der Waals surface area contributed by atoms with Crippen molar-refractivity contribution in [2.45, 2.75) is 6.92 Å². The highest BCUT2D eigenvalue weighted by Gasteiger charge is 2.11. The highest BCUT2D eigenvalue weighted by molar-refractivity contribution is 6.29. The Morgan fingerprint density at radius 3 is 2.76 bits per heavy atom. The van der Waals surface area contributed by atoms with Crippen LogP contribution in [0.15, 0.2) is 36.5 Å². The Kier molecular flexibility index (Phi) is 5.00. The third-order valence-electron chi connectivity index (χ3n) is 2.72. The molecule has 0 bridgehead atoms. The lowest BCUT2D eigenvalue weighted by molar-refractivity contribution is 0.102. The first-order valence-corrected chi connectivity index (χ1v) is 6.75. The fourth-order valence-corrected chi connectivity index (χ4v) is 1.83. The van der Waals surface area contributed by atoms with Crippen molar-refractivity contribution in [3.8, 4) is 11.5 Å². The molecule has 1 heterocycles. The molecular formula is C15H15ClN2O3.